The number of hydrogen-bond donors (Lipinski definition) is 1. The number of nitrogens with zero attached hydrogens (tertiary/aromatic N) is 3. The van der Waals surface area contributed by atoms with Crippen molar-refractivity contribution in [1.29, 1.82) is 0 Å². The highest BCUT2D eigenvalue weighted by atomic mass is 16.3. The third-order valence-electron chi connectivity index (χ3n) is 9.73. The van der Waals surface area contributed by atoms with Gasteiger partial charge in [0, 0.05) is 50.8 Å². The second-order valence-corrected chi connectivity index (χ2v) is 12.5. The number of amides is 2. The lowest BCUT2D eigenvalue weighted by Crippen LogP contribution is -2.62. The lowest BCUT2D eigenvalue weighted by Gasteiger charge is -2.53. The van der Waals surface area contributed by atoms with E-state index in [4.69, 9.17) is 0 Å². The van der Waals surface area contributed by atoms with Gasteiger partial charge in [0.05, 0.1) is 17.7 Å². The number of piperidine rings is 1. The number of hydrogen-bond acceptors (Lipinski definition) is 4. The molecule has 36 heavy (non-hydrogen) atoms. The fourth-order valence-electron chi connectivity index (χ4n) is 7.07. The number of pyridine rings is 1. The zero-order chi connectivity index (χ0) is 25.7. The minimum absolute atomic E-state index is 0.0251. The molecule has 2 atom stereocenters. The van der Waals surface area contributed by atoms with E-state index in [9.17, 15) is 19.5 Å². The fraction of sp³-hybridized carbons (Fsp3) is 0.759. The average molecular weight is 498 g/mol. The number of carbonyl (C=O) groups excluding carboxylic acids is 2. The summed E-state index contributed by atoms with van der Waals surface area (Å²) in [5.41, 5.74) is -0.221. The van der Waals surface area contributed by atoms with Crippen LogP contribution in [0.5, 0.6) is 0 Å². The van der Waals surface area contributed by atoms with Gasteiger partial charge in [0.25, 0.3) is 11.5 Å². The maximum absolute atomic E-state index is 13.4. The smallest absolute Gasteiger partial charge is 0.255 e. The molecule has 0 radical (unpaired) electrons. The number of carbonyl (C=O) groups is 2. The van der Waals surface area contributed by atoms with Crippen molar-refractivity contribution in [2.45, 2.75) is 95.6 Å². The molecule has 7 heteroatoms. The predicted octanol–water partition coefficient (Wildman–Crippen LogP) is 3.78. The van der Waals surface area contributed by atoms with Gasteiger partial charge < -0.3 is 19.5 Å². The maximum Gasteiger partial charge on any atom is 0.255 e. The molecule has 198 valence electrons. The Morgan fingerprint density at radius 1 is 1.11 bits per heavy atom. The summed E-state index contributed by atoms with van der Waals surface area (Å²) in [5, 5.41) is 12.2. The fourth-order valence-corrected chi connectivity index (χ4v) is 7.07. The van der Waals surface area contributed by atoms with E-state index in [1.165, 1.54) is 19.3 Å². The zero-order valence-electron chi connectivity index (χ0n) is 22.3. The van der Waals surface area contributed by atoms with Gasteiger partial charge in [0.2, 0.25) is 5.91 Å². The SMILES string of the molecule is CC(CC1CCC1)C(=O)N1CC[C@](O)(Cn2cc(C(=O)N(C)C)c(C3CC3)cc2=O)C2(CCCC2)C1. The summed E-state index contributed by atoms with van der Waals surface area (Å²) in [7, 11) is 3.46. The molecule has 5 rings (SSSR count). The van der Waals surface area contributed by atoms with Gasteiger partial charge in [0.15, 0.2) is 0 Å². The molecule has 7 nitrogen and oxygen atoms in total. The number of aliphatic hydroxyl groups is 1. The number of likely N-dealkylation sites (tertiary alicyclic amines) is 1. The monoisotopic (exact) mass is 497 g/mol. The molecule has 0 aromatic carbocycles. The quantitative estimate of drug-likeness (QED) is 0.622. The largest absolute Gasteiger partial charge is 0.387 e. The Morgan fingerprint density at radius 3 is 2.39 bits per heavy atom. The Hall–Kier alpha value is -2.15. The highest BCUT2D eigenvalue weighted by molar-refractivity contribution is 5.95. The molecule has 1 N–H and O–H groups in total. The molecular formula is C29H43N3O4. The van der Waals surface area contributed by atoms with E-state index in [0.29, 0.717) is 31.0 Å². The van der Waals surface area contributed by atoms with Crippen LogP contribution in [-0.2, 0) is 11.3 Å². The van der Waals surface area contributed by atoms with Crippen LogP contribution in [0.1, 0.15) is 99.4 Å². The van der Waals surface area contributed by atoms with Crippen molar-refractivity contribution in [3.05, 3.63) is 33.7 Å². The summed E-state index contributed by atoms with van der Waals surface area (Å²) in [4.78, 5) is 43.1. The first-order valence-electron chi connectivity index (χ1n) is 14.1. The first-order valence-corrected chi connectivity index (χ1v) is 14.1. The van der Waals surface area contributed by atoms with Crippen LogP contribution in [0.15, 0.2) is 17.1 Å². The van der Waals surface area contributed by atoms with Crippen molar-refractivity contribution in [2.75, 3.05) is 27.2 Å². The topological polar surface area (TPSA) is 82.8 Å². The Labute approximate surface area is 214 Å². The minimum Gasteiger partial charge on any atom is -0.387 e. The lowest BCUT2D eigenvalue weighted by atomic mass is 9.65. The highest BCUT2D eigenvalue weighted by Gasteiger charge is 2.56. The van der Waals surface area contributed by atoms with Crippen molar-refractivity contribution in [2.24, 2.45) is 17.3 Å². The van der Waals surface area contributed by atoms with E-state index in [0.717, 1.165) is 50.5 Å². The van der Waals surface area contributed by atoms with Gasteiger partial charge in [-0.05, 0) is 55.9 Å². The van der Waals surface area contributed by atoms with Crippen molar-refractivity contribution in [1.82, 2.24) is 14.4 Å². The van der Waals surface area contributed by atoms with Crippen LogP contribution in [0.2, 0.25) is 0 Å². The molecule has 1 spiro atoms. The van der Waals surface area contributed by atoms with Gasteiger partial charge in [-0.15, -0.1) is 0 Å². The van der Waals surface area contributed by atoms with E-state index in [1.54, 1.807) is 35.8 Å². The second-order valence-electron chi connectivity index (χ2n) is 12.5. The Kier molecular flexibility index (Phi) is 6.81. The molecular weight excluding hydrogens is 454 g/mol. The van der Waals surface area contributed by atoms with E-state index < -0.39 is 11.0 Å². The van der Waals surface area contributed by atoms with E-state index >= 15 is 0 Å². The molecule has 3 aliphatic carbocycles. The first-order chi connectivity index (χ1) is 17.1. The van der Waals surface area contributed by atoms with E-state index in [1.807, 2.05) is 4.90 Å². The van der Waals surface area contributed by atoms with Crippen molar-refractivity contribution >= 4 is 11.8 Å². The molecule has 1 saturated heterocycles. The normalized spacial score (nSPS) is 26.6. The van der Waals surface area contributed by atoms with Crippen LogP contribution in [0.4, 0.5) is 0 Å². The molecule has 4 aliphatic rings. The van der Waals surface area contributed by atoms with Crippen LogP contribution in [0.25, 0.3) is 0 Å². The molecule has 2 amide bonds. The van der Waals surface area contributed by atoms with Gasteiger partial charge in [-0.1, -0.05) is 39.0 Å². The van der Waals surface area contributed by atoms with Crippen molar-refractivity contribution in [3.8, 4) is 0 Å². The van der Waals surface area contributed by atoms with Crippen LogP contribution in [0.3, 0.4) is 0 Å². The van der Waals surface area contributed by atoms with Crippen LogP contribution < -0.4 is 5.56 Å². The highest BCUT2D eigenvalue weighted by Crippen LogP contribution is 2.52. The van der Waals surface area contributed by atoms with Gasteiger partial charge >= 0.3 is 0 Å². The molecule has 0 bridgehead atoms. The molecule has 1 unspecified atom stereocenters. The average Bonchev–Trinajstić information content (AvgIpc) is 3.56. The summed E-state index contributed by atoms with van der Waals surface area (Å²) in [5.74, 6) is 1.12. The van der Waals surface area contributed by atoms with Crippen LogP contribution in [0, 0.1) is 17.3 Å². The number of aromatic nitrogens is 1. The number of rotatable bonds is 7. The van der Waals surface area contributed by atoms with Crippen molar-refractivity contribution < 1.29 is 14.7 Å². The Bertz CT molecular complexity index is 1060. The standard InChI is InChI=1S/C29H43N3O4/c1-20(15-21-7-6-8-21)26(34)31-14-13-29(36,28(18-31)11-4-5-12-28)19-32-17-24(27(35)30(2)3)23(16-25(32)33)22-9-10-22/h16-17,20-22,36H,4-15,18-19H2,1-3H3/t20?,29-/m0/s1. The maximum atomic E-state index is 13.4. The summed E-state index contributed by atoms with van der Waals surface area (Å²) >= 11 is 0. The van der Waals surface area contributed by atoms with Crippen LogP contribution >= 0.6 is 0 Å². The van der Waals surface area contributed by atoms with E-state index in [-0.39, 0.29) is 35.8 Å². The third kappa shape index (κ3) is 4.64. The Balaban J connectivity index is 1.39. The zero-order valence-corrected chi connectivity index (χ0v) is 22.3. The summed E-state index contributed by atoms with van der Waals surface area (Å²) in [6.07, 6.45) is 12.7. The first kappa shape index (κ1) is 25.5. The summed E-state index contributed by atoms with van der Waals surface area (Å²) < 4.78 is 1.57. The molecule has 1 aromatic heterocycles. The molecule has 1 aromatic rings. The van der Waals surface area contributed by atoms with Crippen LogP contribution in [-0.4, -0.2) is 64.1 Å². The lowest BCUT2D eigenvalue weighted by molar-refractivity contribution is -0.163. The Morgan fingerprint density at radius 2 is 1.81 bits per heavy atom. The molecule has 3 saturated carbocycles. The molecule has 1 aliphatic heterocycles. The van der Waals surface area contributed by atoms with Gasteiger partial charge in [-0.25, -0.2) is 0 Å². The summed E-state index contributed by atoms with van der Waals surface area (Å²) in [6.45, 7) is 3.32. The van der Waals surface area contributed by atoms with Gasteiger partial charge in [-0.2, -0.15) is 0 Å². The molecule has 2 heterocycles. The third-order valence-corrected chi connectivity index (χ3v) is 9.73. The summed E-state index contributed by atoms with van der Waals surface area (Å²) in [6, 6.07) is 1.62. The van der Waals surface area contributed by atoms with Gasteiger partial charge in [0.1, 0.15) is 0 Å². The second kappa shape index (κ2) is 9.62. The van der Waals surface area contributed by atoms with Crippen molar-refractivity contribution in [3.63, 3.8) is 0 Å². The minimum atomic E-state index is -1.08. The molecule has 4 fully saturated rings. The predicted molar refractivity (Wildman–Crippen MR) is 139 cm³/mol. The van der Waals surface area contributed by atoms with E-state index in [2.05, 4.69) is 6.92 Å². The van der Waals surface area contributed by atoms with Gasteiger partial charge in [-0.3, -0.25) is 14.4 Å².